The van der Waals surface area contributed by atoms with E-state index in [2.05, 4.69) is 11.4 Å². The van der Waals surface area contributed by atoms with E-state index < -0.39 is 0 Å². The fourth-order valence-corrected chi connectivity index (χ4v) is 3.84. The average Bonchev–Trinajstić information content (AvgIpc) is 2.67. The van der Waals surface area contributed by atoms with Crippen molar-refractivity contribution < 1.29 is 9.47 Å². The van der Waals surface area contributed by atoms with Crippen LogP contribution in [0.2, 0.25) is 10.0 Å². The van der Waals surface area contributed by atoms with Crippen LogP contribution in [0.4, 0.5) is 0 Å². The van der Waals surface area contributed by atoms with Gasteiger partial charge in [-0.1, -0.05) is 54.6 Å². The molecule has 0 radical (unpaired) electrons. The molecule has 3 nitrogen and oxygen atoms in total. The van der Waals surface area contributed by atoms with Crippen LogP contribution in [-0.2, 0) is 13.2 Å². The molecule has 2 aromatic carbocycles. The minimum atomic E-state index is 0.300. The van der Waals surface area contributed by atoms with Gasteiger partial charge in [0.2, 0.25) is 0 Å². The van der Waals surface area contributed by atoms with Gasteiger partial charge in [-0.15, -0.1) is 0 Å². The first kappa shape index (κ1) is 19.3. The van der Waals surface area contributed by atoms with Gasteiger partial charge in [-0.25, -0.2) is 0 Å². The van der Waals surface area contributed by atoms with Crippen molar-refractivity contribution in [3.05, 3.63) is 57.6 Å². The highest BCUT2D eigenvalue weighted by molar-refractivity contribution is 6.35. The highest BCUT2D eigenvalue weighted by Gasteiger charge is 2.14. The topological polar surface area (TPSA) is 30.5 Å². The van der Waals surface area contributed by atoms with Crippen molar-refractivity contribution in [1.82, 2.24) is 5.32 Å². The summed E-state index contributed by atoms with van der Waals surface area (Å²) in [5.41, 5.74) is 1.97. The number of hydrogen-bond acceptors (Lipinski definition) is 3. The molecule has 2 aromatic rings. The molecular weight excluding hydrogens is 369 g/mol. The molecule has 0 heterocycles. The normalized spacial score (nSPS) is 15.0. The molecule has 0 unspecified atom stereocenters. The number of methoxy groups -OCH3 is 1. The highest BCUT2D eigenvalue weighted by Crippen LogP contribution is 2.31. The maximum absolute atomic E-state index is 6.21. The number of rotatable bonds is 7. The minimum absolute atomic E-state index is 0.300. The molecule has 1 aliphatic carbocycles. The fourth-order valence-electron chi connectivity index (χ4n) is 3.33. The molecule has 0 aliphatic heterocycles. The van der Waals surface area contributed by atoms with Gasteiger partial charge in [0, 0.05) is 28.2 Å². The molecule has 0 bridgehead atoms. The van der Waals surface area contributed by atoms with Gasteiger partial charge in [0.25, 0.3) is 0 Å². The van der Waals surface area contributed by atoms with Gasteiger partial charge in [0.05, 0.1) is 7.11 Å². The van der Waals surface area contributed by atoms with Crippen molar-refractivity contribution >= 4 is 23.2 Å². The first-order valence-corrected chi connectivity index (χ1v) is 9.89. The fraction of sp³-hybridized carbons (Fsp3) is 0.429. The van der Waals surface area contributed by atoms with E-state index in [0.717, 1.165) is 17.9 Å². The van der Waals surface area contributed by atoms with Gasteiger partial charge < -0.3 is 14.8 Å². The summed E-state index contributed by atoms with van der Waals surface area (Å²) in [6, 6.07) is 12.1. The van der Waals surface area contributed by atoms with E-state index in [1.54, 1.807) is 7.11 Å². The Morgan fingerprint density at radius 3 is 2.42 bits per heavy atom. The van der Waals surface area contributed by atoms with Crippen LogP contribution in [0, 0.1) is 0 Å². The van der Waals surface area contributed by atoms with Gasteiger partial charge >= 0.3 is 0 Å². The van der Waals surface area contributed by atoms with Crippen molar-refractivity contribution in [3.63, 3.8) is 0 Å². The zero-order valence-corrected chi connectivity index (χ0v) is 16.6. The number of ether oxygens (including phenoxy) is 2. The van der Waals surface area contributed by atoms with Crippen molar-refractivity contribution in [2.24, 2.45) is 0 Å². The lowest BCUT2D eigenvalue weighted by molar-refractivity contribution is 0.284. The van der Waals surface area contributed by atoms with Gasteiger partial charge in [-0.05, 0) is 42.7 Å². The summed E-state index contributed by atoms with van der Waals surface area (Å²) < 4.78 is 11.4. The molecule has 1 fully saturated rings. The Labute approximate surface area is 165 Å². The number of halogens is 2. The lowest BCUT2D eigenvalue weighted by Crippen LogP contribution is -2.30. The van der Waals surface area contributed by atoms with Crippen molar-refractivity contribution in [2.75, 3.05) is 7.11 Å². The van der Waals surface area contributed by atoms with E-state index in [0.29, 0.717) is 28.4 Å². The van der Waals surface area contributed by atoms with Gasteiger partial charge in [-0.2, -0.15) is 0 Å². The molecule has 1 aliphatic rings. The van der Waals surface area contributed by atoms with E-state index in [-0.39, 0.29) is 0 Å². The molecule has 0 amide bonds. The zero-order valence-electron chi connectivity index (χ0n) is 15.1. The van der Waals surface area contributed by atoms with Crippen LogP contribution >= 0.6 is 23.2 Å². The Morgan fingerprint density at radius 2 is 1.73 bits per heavy atom. The zero-order chi connectivity index (χ0) is 18.4. The maximum atomic E-state index is 6.21. The highest BCUT2D eigenvalue weighted by atomic mass is 35.5. The maximum Gasteiger partial charge on any atom is 0.161 e. The Balaban J connectivity index is 1.62. The molecule has 140 valence electrons. The lowest BCUT2D eigenvalue weighted by Gasteiger charge is -2.23. The first-order valence-electron chi connectivity index (χ1n) is 9.13. The molecule has 5 heteroatoms. The summed E-state index contributed by atoms with van der Waals surface area (Å²) in [6.45, 7) is 1.15. The molecule has 0 aromatic heterocycles. The van der Waals surface area contributed by atoms with E-state index in [1.807, 2.05) is 30.3 Å². The summed E-state index contributed by atoms with van der Waals surface area (Å²) >= 11 is 12.4. The number of benzene rings is 2. The summed E-state index contributed by atoms with van der Waals surface area (Å²) in [5, 5.41) is 4.85. The summed E-state index contributed by atoms with van der Waals surface area (Å²) in [6.07, 6.45) is 6.58. The molecule has 1 N–H and O–H groups in total. The van der Waals surface area contributed by atoms with Crippen molar-refractivity contribution in [1.29, 1.82) is 0 Å². The van der Waals surface area contributed by atoms with Crippen LogP contribution < -0.4 is 14.8 Å². The van der Waals surface area contributed by atoms with Crippen LogP contribution in [0.5, 0.6) is 11.5 Å². The number of nitrogens with one attached hydrogen (secondary N) is 1. The van der Waals surface area contributed by atoms with Crippen LogP contribution in [0.3, 0.4) is 0 Å². The number of hydrogen-bond donors (Lipinski definition) is 1. The first-order chi connectivity index (χ1) is 12.7. The Morgan fingerprint density at radius 1 is 1.00 bits per heavy atom. The molecule has 0 saturated heterocycles. The molecule has 1 saturated carbocycles. The average molecular weight is 394 g/mol. The van der Waals surface area contributed by atoms with E-state index in [1.165, 1.54) is 37.7 Å². The monoisotopic (exact) mass is 393 g/mol. The second-order valence-electron chi connectivity index (χ2n) is 6.69. The van der Waals surface area contributed by atoms with Crippen LogP contribution in [0.25, 0.3) is 0 Å². The molecule has 0 spiro atoms. The van der Waals surface area contributed by atoms with Gasteiger partial charge in [-0.3, -0.25) is 0 Å². The summed E-state index contributed by atoms with van der Waals surface area (Å²) in [5.74, 6) is 1.40. The van der Waals surface area contributed by atoms with Gasteiger partial charge in [0.1, 0.15) is 6.61 Å². The summed E-state index contributed by atoms with van der Waals surface area (Å²) in [4.78, 5) is 0. The third-order valence-corrected chi connectivity index (χ3v) is 5.57. The lowest BCUT2D eigenvalue weighted by atomic mass is 9.95. The second kappa shape index (κ2) is 9.50. The quantitative estimate of drug-likeness (QED) is 0.625. The summed E-state index contributed by atoms with van der Waals surface area (Å²) in [7, 11) is 1.66. The Kier molecular flexibility index (Phi) is 7.07. The minimum Gasteiger partial charge on any atom is -0.493 e. The van der Waals surface area contributed by atoms with Crippen molar-refractivity contribution in [2.45, 2.75) is 51.3 Å². The Hall–Kier alpha value is -1.42. The van der Waals surface area contributed by atoms with E-state index in [9.17, 15) is 0 Å². The molecule has 0 atom stereocenters. The third-order valence-electron chi connectivity index (χ3n) is 4.86. The van der Waals surface area contributed by atoms with E-state index in [4.69, 9.17) is 32.7 Å². The van der Waals surface area contributed by atoms with Crippen LogP contribution in [0.15, 0.2) is 36.4 Å². The van der Waals surface area contributed by atoms with E-state index >= 15 is 0 Å². The van der Waals surface area contributed by atoms with Crippen LogP contribution in [-0.4, -0.2) is 13.2 Å². The second-order valence-corrected chi connectivity index (χ2v) is 7.50. The molecular formula is C21H25Cl2NO2. The third kappa shape index (κ3) is 5.06. The predicted octanol–water partition coefficient (Wildman–Crippen LogP) is 6.00. The molecule has 3 rings (SSSR count). The standard InChI is InChI=1S/C21H25Cl2NO2/c1-25-21-12-15(13-24-16-6-3-2-4-7-16)10-11-20(21)26-14-17-18(22)8-5-9-19(17)23/h5,8-12,16,24H,2-4,6-7,13-14H2,1H3. The van der Waals surface area contributed by atoms with Crippen molar-refractivity contribution in [3.8, 4) is 11.5 Å². The predicted molar refractivity (Wildman–Crippen MR) is 108 cm³/mol. The largest absolute Gasteiger partial charge is 0.493 e. The smallest absolute Gasteiger partial charge is 0.161 e. The van der Waals surface area contributed by atoms with Crippen LogP contribution in [0.1, 0.15) is 43.2 Å². The molecule has 26 heavy (non-hydrogen) atoms. The SMILES string of the molecule is COc1cc(CNC2CCCCC2)ccc1OCc1c(Cl)cccc1Cl. The Bertz CT molecular complexity index is 710. The van der Waals surface area contributed by atoms with Gasteiger partial charge in [0.15, 0.2) is 11.5 Å².